The highest BCUT2D eigenvalue weighted by Crippen LogP contribution is 2.27. The first kappa shape index (κ1) is 13.4. The molecule has 5 heteroatoms. The topological polar surface area (TPSA) is 58.6 Å². The van der Waals surface area contributed by atoms with E-state index < -0.39 is 12.0 Å². The van der Waals surface area contributed by atoms with Crippen LogP contribution in [-0.2, 0) is 4.79 Å². The van der Waals surface area contributed by atoms with Crippen LogP contribution in [0, 0.1) is 5.92 Å². The molecule has 0 unspecified atom stereocenters. The van der Waals surface area contributed by atoms with Crippen LogP contribution in [0.4, 0.5) is 5.69 Å². The van der Waals surface area contributed by atoms with E-state index >= 15 is 0 Å². The first-order valence-electron chi connectivity index (χ1n) is 6.24. The third-order valence-electron chi connectivity index (χ3n) is 3.14. The van der Waals surface area contributed by atoms with E-state index in [-0.39, 0.29) is 11.8 Å². The van der Waals surface area contributed by atoms with Crippen LogP contribution in [0.3, 0.4) is 0 Å². The molecule has 0 saturated carbocycles. The zero-order chi connectivity index (χ0) is 14.2. The van der Waals surface area contributed by atoms with Crippen LogP contribution in [0.1, 0.15) is 24.2 Å². The lowest BCUT2D eigenvalue weighted by molar-refractivity contribution is -0.137. The maximum absolute atomic E-state index is 12.2. The third-order valence-corrected chi connectivity index (χ3v) is 3.14. The number of carbonyl (C=O) groups excluding carboxylic acids is 2. The van der Waals surface area contributed by atoms with E-state index in [0.717, 1.165) is 5.69 Å². The molecule has 2 rings (SSSR count). The second-order valence-electron chi connectivity index (χ2n) is 5.19. The Kier molecular flexibility index (Phi) is 3.46. The van der Waals surface area contributed by atoms with E-state index in [4.69, 9.17) is 4.74 Å². The van der Waals surface area contributed by atoms with Gasteiger partial charge in [-0.25, -0.2) is 4.79 Å². The summed E-state index contributed by atoms with van der Waals surface area (Å²) in [5.41, 5.74) is 1.27. The molecule has 1 amide bonds. The standard InChI is InChI=1S/C14H18N2O3/c1-8(2)12-14(18)19-11-6-5-9(16(3)4)7-10(11)13(17)15-12/h5-8,12H,1-4H3,(H,15,17)/t12-/m0/s1. The molecule has 0 spiro atoms. The Labute approximate surface area is 112 Å². The number of rotatable bonds is 2. The molecule has 1 aromatic rings. The van der Waals surface area contributed by atoms with Crippen LogP contribution in [0.5, 0.6) is 5.75 Å². The van der Waals surface area contributed by atoms with Gasteiger partial charge < -0.3 is 15.0 Å². The first-order chi connectivity index (χ1) is 8.90. The predicted molar refractivity (Wildman–Crippen MR) is 72.5 cm³/mol. The van der Waals surface area contributed by atoms with Gasteiger partial charge in [0, 0.05) is 19.8 Å². The van der Waals surface area contributed by atoms with Gasteiger partial charge >= 0.3 is 5.97 Å². The van der Waals surface area contributed by atoms with Crippen molar-refractivity contribution in [1.82, 2.24) is 5.32 Å². The molecule has 0 aromatic heterocycles. The second-order valence-corrected chi connectivity index (χ2v) is 5.19. The summed E-state index contributed by atoms with van der Waals surface area (Å²) < 4.78 is 5.30. The SMILES string of the molecule is CC(C)[C@@H]1NC(=O)c2cc(N(C)C)ccc2OC1=O. The molecule has 0 radical (unpaired) electrons. The number of anilines is 1. The Bertz CT molecular complexity index is 523. The highest BCUT2D eigenvalue weighted by atomic mass is 16.5. The van der Waals surface area contributed by atoms with Crippen LogP contribution in [0.2, 0.25) is 0 Å². The van der Waals surface area contributed by atoms with Gasteiger partial charge in [0.1, 0.15) is 11.8 Å². The Morgan fingerprint density at radius 2 is 1.95 bits per heavy atom. The fourth-order valence-electron chi connectivity index (χ4n) is 1.95. The van der Waals surface area contributed by atoms with Crippen LogP contribution in [0.25, 0.3) is 0 Å². The quantitative estimate of drug-likeness (QED) is 0.647. The van der Waals surface area contributed by atoms with Gasteiger partial charge in [-0.2, -0.15) is 0 Å². The summed E-state index contributed by atoms with van der Waals surface area (Å²) in [6.45, 7) is 3.74. The molecule has 5 nitrogen and oxygen atoms in total. The number of nitrogens with one attached hydrogen (secondary N) is 1. The number of hydrogen-bond acceptors (Lipinski definition) is 4. The molecule has 1 aliphatic heterocycles. The van der Waals surface area contributed by atoms with Crippen LogP contribution in [0.15, 0.2) is 18.2 Å². The van der Waals surface area contributed by atoms with Gasteiger partial charge in [-0.1, -0.05) is 13.8 Å². The Hall–Kier alpha value is -2.04. The average Bonchev–Trinajstić information content (AvgIpc) is 2.46. The van der Waals surface area contributed by atoms with Crippen LogP contribution < -0.4 is 15.0 Å². The number of amides is 1. The third kappa shape index (κ3) is 2.54. The minimum atomic E-state index is -0.609. The van der Waals surface area contributed by atoms with Crippen molar-refractivity contribution >= 4 is 17.6 Å². The zero-order valence-electron chi connectivity index (χ0n) is 11.6. The lowest BCUT2D eigenvalue weighted by atomic mass is 10.0. The number of hydrogen-bond donors (Lipinski definition) is 1. The van der Waals surface area contributed by atoms with Crippen LogP contribution >= 0.6 is 0 Å². The van der Waals surface area contributed by atoms with E-state index in [1.54, 1.807) is 12.1 Å². The monoisotopic (exact) mass is 262 g/mol. The predicted octanol–water partition coefficient (Wildman–Crippen LogP) is 1.43. The highest BCUT2D eigenvalue weighted by molar-refractivity contribution is 6.02. The molecule has 1 N–H and O–H groups in total. The van der Waals surface area contributed by atoms with E-state index in [1.165, 1.54) is 0 Å². The molecule has 0 bridgehead atoms. The van der Waals surface area contributed by atoms with E-state index in [2.05, 4.69) is 5.32 Å². The fourth-order valence-corrected chi connectivity index (χ4v) is 1.95. The number of ether oxygens (including phenoxy) is 1. The summed E-state index contributed by atoms with van der Waals surface area (Å²) in [4.78, 5) is 26.0. The van der Waals surface area contributed by atoms with Gasteiger partial charge in [-0.3, -0.25) is 4.79 Å². The molecule has 1 heterocycles. The van der Waals surface area contributed by atoms with E-state index in [1.807, 2.05) is 38.9 Å². The molecule has 0 fully saturated rings. The first-order valence-corrected chi connectivity index (χ1v) is 6.24. The molecular formula is C14H18N2O3. The van der Waals surface area contributed by atoms with Gasteiger partial charge in [-0.15, -0.1) is 0 Å². The Morgan fingerprint density at radius 3 is 2.53 bits per heavy atom. The maximum atomic E-state index is 12.2. The van der Waals surface area contributed by atoms with Crippen molar-refractivity contribution in [2.24, 2.45) is 5.92 Å². The van der Waals surface area contributed by atoms with Crippen LogP contribution in [-0.4, -0.2) is 32.0 Å². The minimum Gasteiger partial charge on any atom is -0.424 e. The lowest BCUT2D eigenvalue weighted by Gasteiger charge is -2.16. The Balaban J connectivity index is 2.42. The summed E-state index contributed by atoms with van der Waals surface area (Å²) in [6.07, 6.45) is 0. The van der Waals surface area contributed by atoms with Gasteiger partial charge in [0.15, 0.2) is 0 Å². The number of esters is 1. The average molecular weight is 262 g/mol. The van der Waals surface area contributed by atoms with Crippen molar-refractivity contribution in [2.75, 3.05) is 19.0 Å². The molecule has 19 heavy (non-hydrogen) atoms. The Morgan fingerprint density at radius 1 is 1.26 bits per heavy atom. The van der Waals surface area contributed by atoms with E-state index in [9.17, 15) is 9.59 Å². The summed E-state index contributed by atoms with van der Waals surface area (Å²) in [6, 6.07) is 4.59. The largest absolute Gasteiger partial charge is 0.424 e. The number of carbonyl (C=O) groups is 2. The molecule has 1 atom stereocenters. The summed E-state index contributed by atoms with van der Waals surface area (Å²) in [5.74, 6) is -0.390. The van der Waals surface area contributed by atoms with Gasteiger partial charge in [0.05, 0.1) is 5.56 Å². The van der Waals surface area contributed by atoms with Gasteiger partial charge in [0.25, 0.3) is 5.91 Å². The minimum absolute atomic E-state index is 0.0147. The zero-order valence-corrected chi connectivity index (χ0v) is 11.6. The van der Waals surface area contributed by atoms with Gasteiger partial charge in [-0.05, 0) is 24.1 Å². The number of nitrogens with zero attached hydrogens (tertiary/aromatic N) is 1. The van der Waals surface area contributed by atoms with Crippen molar-refractivity contribution in [3.63, 3.8) is 0 Å². The highest BCUT2D eigenvalue weighted by Gasteiger charge is 2.32. The van der Waals surface area contributed by atoms with Crippen molar-refractivity contribution in [1.29, 1.82) is 0 Å². The molecule has 102 valence electrons. The molecule has 0 aliphatic carbocycles. The van der Waals surface area contributed by atoms with Crippen molar-refractivity contribution < 1.29 is 14.3 Å². The summed E-state index contributed by atoms with van der Waals surface area (Å²) >= 11 is 0. The summed E-state index contributed by atoms with van der Waals surface area (Å²) in [7, 11) is 3.78. The van der Waals surface area contributed by atoms with Crippen molar-refractivity contribution in [2.45, 2.75) is 19.9 Å². The lowest BCUT2D eigenvalue weighted by Crippen LogP contribution is -2.44. The summed E-state index contributed by atoms with van der Waals surface area (Å²) in [5, 5.41) is 2.72. The normalized spacial score (nSPS) is 18.5. The second kappa shape index (κ2) is 4.91. The molecule has 1 aromatic carbocycles. The van der Waals surface area contributed by atoms with E-state index in [0.29, 0.717) is 11.3 Å². The number of fused-ring (bicyclic) bond motifs is 1. The maximum Gasteiger partial charge on any atom is 0.334 e. The number of benzene rings is 1. The van der Waals surface area contributed by atoms with Crippen molar-refractivity contribution in [3.8, 4) is 5.75 Å². The smallest absolute Gasteiger partial charge is 0.334 e. The van der Waals surface area contributed by atoms with Gasteiger partial charge in [0.2, 0.25) is 0 Å². The molecular weight excluding hydrogens is 244 g/mol. The van der Waals surface area contributed by atoms with Crippen molar-refractivity contribution in [3.05, 3.63) is 23.8 Å². The molecule has 0 saturated heterocycles. The molecule has 1 aliphatic rings. The fraction of sp³-hybridized carbons (Fsp3) is 0.429.